The quantitative estimate of drug-likeness (QED) is 0.393. The first-order chi connectivity index (χ1) is 17.5. The molecular weight excluding hydrogens is 489 g/mol. The summed E-state index contributed by atoms with van der Waals surface area (Å²) in [5.41, 5.74) is 6.84. The molecule has 1 atom stereocenters. The molecule has 0 saturated heterocycles. The van der Waals surface area contributed by atoms with Gasteiger partial charge in [0.05, 0.1) is 11.6 Å². The third-order valence-corrected chi connectivity index (χ3v) is 5.75. The van der Waals surface area contributed by atoms with Gasteiger partial charge >= 0.3 is 12.8 Å². The summed E-state index contributed by atoms with van der Waals surface area (Å²) in [4.78, 5) is 5.80. The van der Waals surface area contributed by atoms with Gasteiger partial charge in [0.15, 0.2) is 0 Å². The summed E-state index contributed by atoms with van der Waals surface area (Å²) in [5.74, 6) is 0.407. The number of hydrogen-bond acceptors (Lipinski definition) is 4. The highest BCUT2D eigenvalue weighted by Crippen LogP contribution is 2.41. The number of fused-ring (bicyclic) bond motifs is 1. The number of halogens is 5. The van der Waals surface area contributed by atoms with Crippen LogP contribution in [0.2, 0.25) is 0 Å². The van der Waals surface area contributed by atoms with Gasteiger partial charge in [0.2, 0.25) is 0 Å². The van der Waals surface area contributed by atoms with Gasteiger partial charge in [0, 0.05) is 35.8 Å². The molecule has 1 aliphatic heterocycles. The van der Waals surface area contributed by atoms with Crippen LogP contribution in [-0.4, -0.2) is 30.1 Å². The highest BCUT2D eigenvalue weighted by atomic mass is 19.4. The minimum absolute atomic E-state index is 0.182. The van der Waals surface area contributed by atoms with Crippen LogP contribution in [0.25, 0.3) is 5.70 Å². The van der Waals surface area contributed by atoms with E-state index in [1.165, 1.54) is 25.2 Å². The third-order valence-electron chi connectivity index (χ3n) is 5.75. The zero-order chi connectivity index (χ0) is 28.8. The highest BCUT2D eigenvalue weighted by molar-refractivity contribution is 5.67. The van der Waals surface area contributed by atoms with Gasteiger partial charge in [-0.2, -0.15) is 22.0 Å². The van der Waals surface area contributed by atoms with Crippen LogP contribution in [-0.2, 0) is 6.18 Å². The van der Waals surface area contributed by atoms with E-state index in [1.54, 1.807) is 24.1 Å². The Kier molecular flexibility index (Phi) is 15.7. The molecular formula is C28H42F5N3O. The van der Waals surface area contributed by atoms with E-state index in [0.29, 0.717) is 29.4 Å². The number of benzene rings is 1. The fraction of sp³-hybridized carbons (Fsp3) is 0.536. The zero-order valence-electron chi connectivity index (χ0n) is 23.2. The molecule has 0 bridgehead atoms. The predicted octanol–water partition coefficient (Wildman–Crippen LogP) is 8.53. The van der Waals surface area contributed by atoms with E-state index in [0.717, 1.165) is 18.1 Å². The largest absolute Gasteiger partial charge is 0.434 e. The summed E-state index contributed by atoms with van der Waals surface area (Å²) in [6.45, 7) is 11.8. The molecule has 0 amide bonds. The fourth-order valence-electron chi connectivity index (χ4n) is 3.41. The second-order valence-corrected chi connectivity index (χ2v) is 8.02. The summed E-state index contributed by atoms with van der Waals surface area (Å²) >= 11 is 0. The van der Waals surface area contributed by atoms with Crippen molar-refractivity contribution in [1.29, 1.82) is 0 Å². The number of rotatable bonds is 5. The maximum absolute atomic E-state index is 13.0. The number of nitrogens with zero attached hydrogens (tertiary/aromatic N) is 2. The van der Waals surface area contributed by atoms with Crippen LogP contribution in [0.15, 0.2) is 42.7 Å². The van der Waals surface area contributed by atoms with E-state index in [9.17, 15) is 22.0 Å². The molecule has 210 valence electrons. The summed E-state index contributed by atoms with van der Waals surface area (Å²) < 4.78 is 69.3. The van der Waals surface area contributed by atoms with E-state index in [4.69, 9.17) is 5.73 Å². The Morgan fingerprint density at radius 2 is 1.65 bits per heavy atom. The Bertz CT molecular complexity index is 944. The lowest BCUT2D eigenvalue weighted by Gasteiger charge is -2.29. The highest BCUT2D eigenvalue weighted by Gasteiger charge is 2.34. The van der Waals surface area contributed by atoms with Crippen LogP contribution in [0.3, 0.4) is 0 Å². The van der Waals surface area contributed by atoms with Gasteiger partial charge in [0.25, 0.3) is 0 Å². The Labute approximate surface area is 218 Å². The molecule has 1 aromatic heterocycles. The van der Waals surface area contributed by atoms with Crippen molar-refractivity contribution in [3.63, 3.8) is 0 Å². The number of pyridine rings is 1. The maximum Gasteiger partial charge on any atom is 0.416 e. The third kappa shape index (κ3) is 10.3. The van der Waals surface area contributed by atoms with Crippen molar-refractivity contribution in [3.05, 3.63) is 65.0 Å². The molecule has 0 aliphatic carbocycles. The first kappa shape index (κ1) is 34.3. The smallest absolute Gasteiger partial charge is 0.416 e. The van der Waals surface area contributed by atoms with Crippen LogP contribution < -0.4 is 10.5 Å². The molecule has 0 spiro atoms. The lowest BCUT2D eigenvalue weighted by atomic mass is 9.93. The molecule has 4 nitrogen and oxygen atoms in total. The van der Waals surface area contributed by atoms with Crippen LogP contribution >= 0.6 is 0 Å². The summed E-state index contributed by atoms with van der Waals surface area (Å²) in [6, 6.07) is 3.62. The van der Waals surface area contributed by atoms with Crippen molar-refractivity contribution in [1.82, 2.24) is 9.88 Å². The van der Waals surface area contributed by atoms with Crippen molar-refractivity contribution >= 4 is 5.70 Å². The van der Waals surface area contributed by atoms with Gasteiger partial charge < -0.3 is 10.5 Å². The van der Waals surface area contributed by atoms with Gasteiger partial charge in [-0.05, 0) is 42.8 Å². The summed E-state index contributed by atoms with van der Waals surface area (Å²) in [6.07, 6.45) is 2.76. The normalized spacial score (nSPS) is 15.1. The molecule has 2 N–H and O–H groups in total. The maximum atomic E-state index is 13.0. The van der Waals surface area contributed by atoms with Crippen molar-refractivity contribution < 1.29 is 26.7 Å². The van der Waals surface area contributed by atoms with Gasteiger partial charge in [-0.25, -0.2) is 0 Å². The van der Waals surface area contributed by atoms with E-state index >= 15 is 0 Å². The Morgan fingerprint density at radius 3 is 2.14 bits per heavy atom. The van der Waals surface area contributed by atoms with Gasteiger partial charge in [0.1, 0.15) is 5.75 Å². The van der Waals surface area contributed by atoms with Crippen molar-refractivity contribution in [2.24, 2.45) is 11.7 Å². The van der Waals surface area contributed by atoms with Crippen LogP contribution in [0, 0.1) is 5.92 Å². The minimum atomic E-state index is -4.68. The molecule has 2 aromatic rings. The number of hydrogen-bond donors (Lipinski definition) is 1. The topological polar surface area (TPSA) is 51.4 Å². The van der Waals surface area contributed by atoms with Gasteiger partial charge in [-0.3, -0.25) is 9.88 Å². The lowest BCUT2D eigenvalue weighted by Crippen LogP contribution is -2.26. The monoisotopic (exact) mass is 531 g/mol. The molecule has 0 fully saturated rings. The first-order valence-corrected chi connectivity index (χ1v) is 12.8. The second-order valence-electron chi connectivity index (χ2n) is 8.02. The minimum Gasteiger partial charge on any atom is -0.434 e. The number of aromatic nitrogens is 1. The second kappa shape index (κ2) is 16.9. The van der Waals surface area contributed by atoms with Crippen LogP contribution in [0.4, 0.5) is 22.0 Å². The molecule has 0 saturated carbocycles. The SMILES string of the molecule is CC.CC.CCC(C)CC.CN1CC=C(N)c2cnccc2C1c1ccc(C(F)(F)F)cc1OC(F)F. The summed E-state index contributed by atoms with van der Waals surface area (Å²) in [7, 11) is 1.72. The molecule has 9 heteroatoms. The molecule has 37 heavy (non-hydrogen) atoms. The molecule has 1 aromatic carbocycles. The van der Waals surface area contributed by atoms with Gasteiger partial charge in [-0.1, -0.05) is 67.4 Å². The number of likely N-dealkylation sites (N-methyl/N-ethyl adjacent to an activating group) is 1. The molecule has 2 heterocycles. The Morgan fingerprint density at radius 1 is 1.05 bits per heavy atom. The van der Waals surface area contributed by atoms with Crippen molar-refractivity contribution in [3.8, 4) is 5.75 Å². The molecule has 3 rings (SSSR count). The van der Waals surface area contributed by atoms with Gasteiger partial charge in [-0.15, -0.1) is 0 Å². The average molecular weight is 532 g/mol. The lowest BCUT2D eigenvalue weighted by molar-refractivity contribution is -0.138. The first-order valence-electron chi connectivity index (χ1n) is 12.8. The van der Waals surface area contributed by atoms with Crippen molar-refractivity contribution in [2.75, 3.05) is 13.6 Å². The van der Waals surface area contributed by atoms with Crippen LogP contribution in [0.5, 0.6) is 5.75 Å². The van der Waals surface area contributed by atoms with E-state index < -0.39 is 30.1 Å². The van der Waals surface area contributed by atoms with E-state index in [-0.39, 0.29) is 5.56 Å². The molecule has 1 unspecified atom stereocenters. The predicted molar refractivity (Wildman–Crippen MR) is 141 cm³/mol. The Balaban J connectivity index is 0.00000112. The number of nitrogens with two attached hydrogens (primary N) is 1. The standard InChI is InChI=1S/C18H16F5N3O.C6H14.2C2H6/c1-26-7-5-14(24)13-9-25-6-4-11(13)16(26)12-3-2-10(18(21,22)23)8-15(12)27-17(19)20;1-4-6(3)5-2;2*1-2/h2-6,8-9,16-17H,7,24H2,1H3;6H,4-5H2,1-3H3;2*1-2H3. The number of alkyl halides is 5. The molecule has 1 aliphatic rings. The van der Waals surface area contributed by atoms with E-state index in [2.05, 4.69) is 30.5 Å². The summed E-state index contributed by atoms with van der Waals surface area (Å²) in [5, 5.41) is 0. The van der Waals surface area contributed by atoms with Crippen molar-refractivity contribution in [2.45, 2.75) is 80.1 Å². The zero-order valence-corrected chi connectivity index (χ0v) is 23.2. The fourth-order valence-corrected chi connectivity index (χ4v) is 3.41. The van der Waals surface area contributed by atoms with E-state index in [1.807, 2.05) is 27.7 Å². The number of ether oxygens (including phenoxy) is 1. The Hall–Kier alpha value is -2.68. The van der Waals surface area contributed by atoms with Crippen LogP contribution in [0.1, 0.15) is 89.6 Å². The average Bonchev–Trinajstić information content (AvgIpc) is 3.01. The molecule has 0 radical (unpaired) electrons.